The highest BCUT2D eigenvalue weighted by Gasteiger charge is 2.25. The molecule has 0 aliphatic rings. The first kappa shape index (κ1) is 22.8. The normalized spacial score (nSPS) is 12.1. The average Bonchev–Trinajstić information content (AvgIpc) is 3.36. The number of methoxy groups -OCH3 is 1. The summed E-state index contributed by atoms with van der Waals surface area (Å²) in [5.74, 6) is 0.137. The van der Waals surface area contributed by atoms with Crippen LogP contribution >= 0.6 is 0 Å². The molecular formula is C31H26O4. The molecule has 1 heterocycles. The molecule has 0 radical (unpaired) electrons. The Hall–Kier alpha value is -3.99. The molecular weight excluding hydrogens is 436 g/mol. The second kappa shape index (κ2) is 10.1. The minimum Gasteiger partial charge on any atom is -0.453 e. The topological polar surface area (TPSA) is 48.7 Å². The summed E-state index contributed by atoms with van der Waals surface area (Å²) in [5, 5.41) is 0.898. The van der Waals surface area contributed by atoms with Gasteiger partial charge in [-0.05, 0) is 53.4 Å². The maximum absolute atomic E-state index is 13.7. The van der Waals surface area contributed by atoms with Crippen molar-refractivity contribution in [3.05, 3.63) is 120 Å². The van der Waals surface area contributed by atoms with Crippen molar-refractivity contribution in [3.8, 4) is 22.3 Å². The van der Waals surface area contributed by atoms with Crippen LogP contribution in [0.25, 0.3) is 33.2 Å². The predicted octanol–water partition coefficient (Wildman–Crippen LogP) is 7.68. The lowest BCUT2D eigenvalue weighted by Crippen LogP contribution is -2.12. The van der Waals surface area contributed by atoms with Crippen LogP contribution in [0.5, 0.6) is 0 Å². The minimum absolute atomic E-state index is 0.174. The Kier molecular flexibility index (Phi) is 6.57. The Labute approximate surface area is 204 Å². The molecule has 0 fully saturated rings. The third-order valence-electron chi connectivity index (χ3n) is 6.03. The van der Waals surface area contributed by atoms with E-state index in [0.29, 0.717) is 23.5 Å². The van der Waals surface area contributed by atoms with Crippen molar-refractivity contribution in [1.29, 1.82) is 0 Å². The Morgan fingerprint density at radius 2 is 1.37 bits per heavy atom. The number of hydrogen-bond acceptors (Lipinski definition) is 4. The highest BCUT2D eigenvalue weighted by atomic mass is 16.7. The monoisotopic (exact) mass is 462 g/mol. The van der Waals surface area contributed by atoms with E-state index in [0.717, 1.165) is 33.2 Å². The van der Waals surface area contributed by atoms with Gasteiger partial charge in [-0.3, -0.25) is 4.79 Å². The average molecular weight is 463 g/mol. The van der Waals surface area contributed by atoms with Gasteiger partial charge in [0, 0.05) is 30.2 Å². The van der Waals surface area contributed by atoms with Crippen LogP contribution < -0.4 is 0 Å². The van der Waals surface area contributed by atoms with E-state index in [1.165, 1.54) is 0 Å². The van der Waals surface area contributed by atoms with Gasteiger partial charge in [0.25, 0.3) is 0 Å². The number of carbonyl (C=O) groups is 1. The largest absolute Gasteiger partial charge is 0.453 e. The molecule has 4 aromatic carbocycles. The Morgan fingerprint density at radius 1 is 0.800 bits per heavy atom. The molecule has 0 amide bonds. The first-order valence-corrected chi connectivity index (χ1v) is 11.7. The van der Waals surface area contributed by atoms with E-state index < -0.39 is 6.29 Å². The smallest absolute Gasteiger partial charge is 0.228 e. The van der Waals surface area contributed by atoms with Gasteiger partial charge in [-0.25, -0.2) is 0 Å². The van der Waals surface area contributed by atoms with E-state index in [1.54, 1.807) is 13.2 Å². The molecule has 0 saturated heterocycles. The molecule has 0 N–H and O–H groups in total. The Balaban J connectivity index is 1.76. The molecule has 35 heavy (non-hydrogen) atoms. The number of hydrogen-bond donors (Lipinski definition) is 0. The van der Waals surface area contributed by atoms with Gasteiger partial charge in [-0.1, -0.05) is 78.9 Å². The number of rotatable bonds is 8. The van der Waals surface area contributed by atoms with Gasteiger partial charge < -0.3 is 13.9 Å². The SMILES string of the molecule is CCOC(OC)c1c(-c2ccccc2)cc(C(=O)c2cc3ccccc3o2)cc1-c1ccccc1. The van der Waals surface area contributed by atoms with E-state index in [-0.39, 0.29) is 5.78 Å². The molecule has 0 aliphatic carbocycles. The van der Waals surface area contributed by atoms with E-state index in [1.807, 2.05) is 104 Å². The van der Waals surface area contributed by atoms with Crippen LogP contribution in [0.3, 0.4) is 0 Å². The highest BCUT2D eigenvalue weighted by Crippen LogP contribution is 2.40. The van der Waals surface area contributed by atoms with Gasteiger partial charge in [0.1, 0.15) is 5.58 Å². The zero-order chi connectivity index (χ0) is 24.2. The minimum atomic E-state index is -0.597. The molecule has 1 unspecified atom stereocenters. The molecule has 174 valence electrons. The molecule has 5 rings (SSSR count). The highest BCUT2D eigenvalue weighted by molar-refractivity contribution is 6.10. The van der Waals surface area contributed by atoms with E-state index >= 15 is 0 Å². The van der Waals surface area contributed by atoms with Crippen LogP contribution in [0.15, 0.2) is 108 Å². The molecule has 0 spiro atoms. The van der Waals surface area contributed by atoms with Crippen molar-refractivity contribution in [1.82, 2.24) is 0 Å². The van der Waals surface area contributed by atoms with Crippen molar-refractivity contribution < 1.29 is 18.7 Å². The standard InChI is InChI=1S/C31H26O4/c1-3-34-31(33-2)29-25(21-12-6-4-7-13-21)18-24(19-26(29)22-14-8-5-9-15-22)30(32)28-20-23-16-10-11-17-27(23)35-28/h4-20,31H,3H2,1-2H3. The Bertz CT molecular complexity index is 1360. The first-order valence-electron chi connectivity index (χ1n) is 11.7. The number of fused-ring (bicyclic) bond motifs is 1. The second-order valence-electron chi connectivity index (χ2n) is 8.22. The van der Waals surface area contributed by atoms with Crippen LogP contribution in [-0.2, 0) is 9.47 Å². The summed E-state index contributed by atoms with van der Waals surface area (Å²) in [6, 6.07) is 33.3. The van der Waals surface area contributed by atoms with Crippen LogP contribution in [0.4, 0.5) is 0 Å². The van der Waals surface area contributed by atoms with Crippen molar-refractivity contribution in [2.24, 2.45) is 0 Å². The fourth-order valence-electron chi connectivity index (χ4n) is 4.41. The maximum Gasteiger partial charge on any atom is 0.228 e. The number of furan rings is 1. The fourth-order valence-corrected chi connectivity index (χ4v) is 4.41. The second-order valence-corrected chi connectivity index (χ2v) is 8.22. The quantitative estimate of drug-likeness (QED) is 0.175. The van der Waals surface area contributed by atoms with E-state index in [2.05, 4.69) is 0 Å². The van der Waals surface area contributed by atoms with Crippen LogP contribution in [0, 0.1) is 0 Å². The summed E-state index contributed by atoms with van der Waals surface area (Å²) in [6.07, 6.45) is -0.597. The Morgan fingerprint density at radius 3 is 1.91 bits per heavy atom. The van der Waals surface area contributed by atoms with Crippen LogP contribution in [0.2, 0.25) is 0 Å². The third kappa shape index (κ3) is 4.54. The number of ether oxygens (including phenoxy) is 2. The van der Waals surface area contributed by atoms with Gasteiger partial charge in [-0.2, -0.15) is 0 Å². The van der Waals surface area contributed by atoms with Gasteiger partial charge >= 0.3 is 0 Å². The van der Waals surface area contributed by atoms with Gasteiger partial charge in [0.05, 0.1) is 0 Å². The maximum atomic E-state index is 13.7. The molecule has 4 nitrogen and oxygen atoms in total. The van der Waals surface area contributed by atoms with Crippen molar-refractivity contribution in [2.75, 3.05) is 13.7 Å². The van der Waals surface area contributed by atoms with E-state index in [9.17, 15) is 4.79 Å². The van der Waals surface area contributed by atoms with Crippen molar-refractivity contribution >= 4 is 16.8 Å². The summed E-state index contributed by atoms with van der Waals surface area (Å²) >= 11 is 0. The summed E-state index contributed by atoms with van der Waals surface area (Å²) in [6.45, 7) is 2.43. The molecule has 0 aliphatic heterocycles. The number of carbonyl (C=O) groups excluding carboxylic acids is 1. The lowest BCUT2D eigenvalue weighted by molar-refractivity contribution is -0.123. The van der Waals surface area contributed by atoms with Crippen LogP contribution in [-0.4, -0.2) is 19.5 Å². The van der Waals surface area contributed by atoms with Gasteiger partial charge in [-0.15, -0.1) is 0 Å². The molecule has 0 bridgehead atoms. The molecule has 1 atom stereocenters. The van der Waals surface area contributed by atoms with E-state index in [4.69, 9.17) is 13.9 Å². The number of ketones is 1. The molecule has 4 heteroatoms. The lowest BCUT2D eigenvalue weighted by atomic mass is 9.88. The zero-order valence-corrected chi connectivity index (χ0v) is 19.7. The third-order valence-corrected chi connectivity index (χ3v) is 6.03. The van der Waals surface area contributed by atoms with Crippen molar-refractivity contribution in [3.63, 3.8) is 0 Å². The number of para-hydroxylation sites is 1. The van der Waals surface area contributed by atoms with Gasteiger partial charge in [0.15, 0.2) is 12.1 Å². The summed E-state index contributed by atoms with van der Waals surface area (Å²) < 4.78 is 17.7. The molecule has 0 saturated carbocycles. The van der Waals surface area contributed by atoms with Crippen LogP contribution in [0.1, 0.15) is 34.9 Å². The first-order chi connectivity index (χ1) is 17.2. The fraction of sp³-hybridized carbons (Fsp3) is 0.129. The zero-order valence-electron chi connectivity index (χ0n) is 19.7. The molecule has 1 aromatic heterocycles. The van der Waals surface area contributed by atoms with Gasteiger partial charge in [0.2, 0.25) is 5.78 Å². The number of benzene rings is 4. The molecule has 5 aromatic rings. The predicted molar refractivity (Wildman–Crippen MR) is 138 cm³/mol. The lowest BCUT2D eigenvalue weighted by Gasteiger charge is -2.24. The summed E-state index contributed by atoms with van der Waals surface area (Å²) in [5.41, 5.74) is 5.82. The summed E-state index contributed by atoms with van der Waals surface area (Å²) in [4.78, 5) is 13.7. The van der Waals surface area contributed by atoms with Crippen molar-refractivity contribution in [2.45, 2.75) is 13.2 Å². The summed E-state index contributed by atoms with van der Waals surface area (Å²) in [7, 11) is 1.64.